The number of phenolic OH excluding ortho intramolecular Hbond substituents is 2. The zero-order valence-electron chi connectivity index (χ0n) is 21.8. The molecule has 7 N–H and O–H groups in total. The van der Waals surface area contributed by atoms with Crippen molar-refractivity contribution < 1.29 is 69.0 Å². The van der Waals surface area contributed by atoms with E-state index in [2.05, 4.69) is 0 Å². The van der Waals surface area contributed by atoms with Gasteiger partial charge in [-0.05, 0) is 35.9 Å². The van der Waals surface area contributed by atoms with Crippen molar-refractivity contribution in [3.63, 3.8) is 0 Å². The van der Waals surface area contributed by atoms with E-state index in [4.69, 9.17) is 28.4 Å². The number of hydrogen-bond acceptors (Lipinski definition) is 14. The van der Waals surface area contributed by atoms with E-state index in [9.17, 15) is 40.5 Å². The van der Waals surface area contributed by atoms with Gasteiger partial charge in [-0.3, -0.25) is 0 Å². The van der Waals surface area contributed by atoms with Gasteiger partial charge in [0.25, 0.3) is 0 Å². The van der Waals surface area contributed by atoms with E-state index in [0.29, 0.717) is 5.56 Å². The Morgan fingerprint density at radius 3 is 2.49 bits per heavy atom. The standard InChI is InChI=1S/C27H32O14/c1-36-18-10-16(7-8-17(18)30)39-25-23(22(33)21(32)19(11-28)40-25)41-26-24(34)27(35,13-38-26)12-37-20(31)9-4-14-2-5-15(29)6-3-14/h2-10,19,21-26,28-30,32-35H,11-13H2,1H3/b9-4+/t19-,21-,22+,23-,24+,25-,26+,27-/m1/s1. The SMILES string of the molecule is COc1cc(O[C@@H]2O[C@H](CO)[C@@H](O)[C@H](O)[C@H]2O[C@@H]2OC[C@](O)(COC(=O)/C=C/c3ccc(O)cc3)[C@H]2O)ccc1O. The summed E-state index contributed by atoms with van der Waals surface area (Å²) in [5.74, 6) is -0.751. The van der Waals surface area contributed by atoms with Gasteiger partial charge in [0.1, 0.15) is 42.5 Å². The highest BCUT2D eigenvalue weighted by atomic mass is 16.8. The molecule has 2 aromatic carbocycles. The number of esters is 1. The summed E-state index contributed by atoms with van der Waals surface area (Å²) in [4.78, 5) is 12.1. The van der Waals surface area contributed by atoms with Crippen molar-refractivity contribution in [1.29, 1.82) is 0 Å². The zero-order valence-corrected chi connectivity index (χ0v) is 21.8. The number of aliphatic hydroxyl groups is 5. The second-order valence-corrected chi connectivity index (χ2v) is 9.52. The van der Waals surface area contributed by atoms with Gasteiger partial charge in [-0.1, -0.05) is 12.1 Å². The Bertz CT molecular complexity index is 1200. The molecular weight excluding hydrogens is 548 g/mol. The van der Waals surface area contributed by atoms with Gasteiger partial charge >= 0.3 is 5.97 Å². The fourth-order valence-electron chi connectivity index (χ4n) is 4.21. The van der Waals surface area contributed by atoms with Gasteiger partial charge < -0.3 is 64.2 Å². The average Bonchev–Trinajstić information content (AvgIpc) is 3.25. The quantitative estimate of drug-likeness (QED) is 0.133. The summed E-state index contributed by atoms with van der Waals surface area (Å²) in [5, 5.41) is 71.5. The molecular formula is C27H32O14. The van der Waals surface area contributed by atoms with E-state index in [1.165, 1.54) is 43.5 Å². The summed E-state index contributed by atoms with van der Waals surface area (Å²) in [6.07, 6.45) is -8.36. The maximum atomic E-state index is 12.1. The molecule has 0 bridgehead atoms. The summed E-state index contributed by atoms with van der Waals surface area (Å²) in [5.41, 5.74) is -1.47. The second kappa shape index (κ2) is 13.0. The summed E-state index contributed by atoms with van der Waals surface area (Å²) < 4.78 is 32.5. The number of aliphatic hydroxyl groups excluding tert-OH is 4. The molecule has 2 aromatic rings. The van der Waals surface area contributed by atoms with E-state index >= 15 is 0 Å². The molecule has 8 atom stereocenters. The van der Waals surface area contributed by atoms with Crippen molar-refractivity contribution in [3.8, 4) is 23.0 Å². The molecule has 0 amide bonds. The first-order chi connectivity index (χ1) is 19.5. The minimum Gasteiger partial charge on any atom is -0.508 e. The first-order valence-corrected chi connectivity index (χ1v) is 12.5. The highest BCUT2D eigenvalue weighted by Crippen LogP contribution is 2.34. The molecule has 4 rings (SSSR count). The largest absolute Gasteiger partial charge is 0.508 e. The summed E-state index contributed by atoms with van der Waals surface area (Å²) in [7, 11) is 1.33. The molecule has 224 valence electrons. The number of phenols is 2. The normalized spacial score (nSPS) is 31.7. The predicted octanol–water partition coefficient (Wildman–Crippen LogP) is -0.986. The molecule has 2 saturated heterocycles. The van der Waals surface area contributed by atoms with Crippen LogP contribution in [0.15, 0.2) is 48.5 Å². The van der Waals surface area contributed by atoms with Crippen molar-refractivity contribution >= 4 is 12.0 Å². The van der Waals surface area contributed by atoms with E-state index < -0.39 is 74.5 Å². The maximum Gasteiger partial charge on any atom is 0.330 e. The molecule has 2 aliphatic heterocycles. The van der Waals surface area contributed by atoms with Crippen LogP contribution in [-0.4, -0.2) is 117 Å². The van der Waals surface area contributed by atoms with Gasteiger partial charge in [-0.25, -0.2) is 4.79 Å². The maximum absolute atomic E-state index is 12.1. The monoisotopic (exact) mass is 580 g/mol. The lowest BCUT2D eigenvalue weighted by Gasteiger charge is -2.42. The number of hydrogen-bond donors (Lipinski definition) is 7. The van der Waals surface area contributed by atoms with Gasteiger partial charge in [0.05, 0.1) is 20.3 Å². The smallest absolute Gasteiger partial charge is 0.330 e. The molecule has 2 fully saturated rings. The Labute approximate surface area is 234 Å². The molecule has 0 spiro atoms. The van der Waals surface area contributed by atoms with Crippen LogP contribution in [-0.2, 0) is 23.7 Å². The Kier molecular flexibility index (Phi) is 9.68. The lowest BCUT2D eigenvalue weighted by atomic mass is 9.98. The van der Waals surface area contributed by atoms with Crippen molar-refractivity contribution in [2.45, 2.75) is 48.7 Å². The third-order valence-corrected chi connectivity index (χ3v) is 6.59. The van der Waals surface area contributed by atoms with Crippen LogP contribution in [0.5, 0.6) is 23.0 Å². The average molecular weight is 581 g/mol. The van der Waals surface area contributed by atoms with Crippen LogP contribution < -0.4 is 9.47 Å². The van der Waals surface area contributed by atoms with E-state index in [-0.39, 0.29) is 23.0 Å². The van der Waals surface area contributed by atoms with Crippen LogP contribution in [0.25, 0.3) is 6.08 Å². The molecule has 0 radical (unpaired) electrons. The number of rotatable bonds is 10. The van der Waals surface area contributed by atoms with Gasteiger partial charge in [-0.2, -0.15) is 0 Å². The fourth-order valence-corrected chi connectivity index (χ4v) is 4.21. The van der Waals surface area contributed by atoms with Crippen molar-refractivity contribution in [3.05, 3.63) is 54.1 Å². The highest BCUT2D eigenvalue weighted by molar-refractivity contribution is 5.87. The van der Waals surface area contributed by atoms with Gasteiger partial charge in [0, 0.05) is 12.1 Å². The summed E-state index contributed by atoms with van der Waals surface area (Å²) in [6.45, 7) is -1.85. The topological polar surface area (TPSA) is 214 Å². The molecule has 14 heteroatoms. The summed E-state index contributed by atoms with van der Waals surface area (Å²) in [6, 6.07) is 10.00. The van der Waals surface area contributed by atoms with Crippen LogP contribution in [0.4, 0.5) is 0 Å². The zero-order chi connectivity index (χ0) is 29.7. The summed E-state index contributed by atoms with van der Waals surface area (Å²) >= 11 is 0. The van der Waals surface area contributed by atoms with E-state index in [0.717, 1.165) is 6.08 Å². The molecule has 0 aliphatic carbocycles. The highest BCUT2D eigenvalue weighted by Gasteiger charge is 2.54. The molecule has 0 saturated carbocycles. The molecule has 2 heterocycles. The number of aromatic hydroxyl groups is 2. The lowest BCUT2D eigenvalue weighted by Crippen LogP contribution is -2.62. The van der Waals surface area contributed by atoms with Crippen LogP contribution in [0.1, 0.15) is 5.56 Å². The Balaban J connectivity index is 1.41. The van der Waals surface area contributed by atoms with Gasteiger partial charge in [-0.15, -0.1) is 0 Å². The number of carbonyl (C=O) groups is 1. The number of ether oxygens (including phenoxy) is 6. The number of methoxy groups -OCH3 is 1. The molecule has 41 heavy (non-hydrogen) atoms. The first kappa shape index (κ1) is 30.5. The third kappa shape index (κ3) is 7.06. The molecule has 14 nitrogen and oxygen atoms in total. The van der Waals surface area contributed by atoms with Crippen LogP contribution in [0.3, 0.4) is 0 Å². The van der Waals surface area contributed by atoms with E-state index in [1.54, 1.807) is 12.1 Å². The van der Waals surface area contributed by atoms with Crippen LogP contribution in [0, 0.1) is 0 Å². The Morgan fingerprint density at radius 1 is 1.07 bits per heavy atom. The molecule has 2 aliphatic rings. The number of benzene rings is 2. The minimum atomic E-state index is -2.08. The van der Waals surface area contributed by atoms with Crippen molar-refractivity contribution in [1.82, 2.24) is 0 Å². The van der Waals surface area contributed by atoms with Crippen molar-refractivity contribution in [2.75, 3.05) is 26.9 Å². The predicted molar refractivity (Wildman–Crippen MR) is 137 cm³/mol. The second-order valence-electron chi connectivity index (χ2n) is 9.52. The Hall–Kier alpha value is -3.47. The molecule has 0 aromatic heterocycles. The number of carbonyl (C=O) groups excluding carboxylic acids is 1. The minimum absolute atomic E-state index is 0.0624. The first-order valence-electron chi connectivity index (χ1n) is 12.5. The lowest BCUT2D eigenvalue weighted by molar-refractivity contribution is -0.318. The van der Waals surface area contributed by atoms with Crippen LogP contribution >= 0.6 is 0 Å². The van der Waals surface area contributed by atoms with Crippen LogP contribution in [0.2, 0.25) is 0 Å². The third-order valence-electron chi connectivity index (χ3n) is 6.59. The van der Waals surface area contributed by atoms with E-state index in [1.807, 2.05) is 0 Å². The Morgan fingerprint density at radius 2 is 1.80 bits per heavy atom. The molecule has 0 unspecified atom stereocenters. The van der Waals surface area contributed by atoms with Crippen molar-refractivity contribution in [2.24, 2.45) is 0 Å². The van der Waals surface area contributed by atoms with Gasteiger partial charge in [0.2, 0.25) is 6.29 Å². The fraction of sp³-hybridized carbons (Fsp3) is 0.444. The van der Waals surface area contributed by atoms with Gasteiger partial charge in [0.15, 0.2) is 29.5 Å².